The first-order valence-corrected chi connectivity index (χ1v) is 7.06. The summed E-state index contributed by atoms with van der Waals surface area (Å²) >= 11 is 0. The van der Waals surface area contributed by atoms with Gasteiger partial charge in [-0.15, -0.1) is 0 Å². The van der Waals surface area contributed by atoms with E-state index in [1.807, 2.05) is 0 Å². The Morgan fingerprint density at radius 3 is 2.50 bits per heavy atom. The summed E-state index contributed by atoms with van der Waals surface area (Å²) in [4.78, 5) is 14.2. The zero-order valence-corrected chi connectivity index (χ0v) is 11.9. The number of carbonyl (C=O) groups excluding carboxylic acids is 1. The molecule has 1 aliphatic heterocycles. The van der Waals surface area contributed by atoms with E-state index >= 15 is 0 Å². The first-order valence-electron chi connectivity index (χ1n) is 7.06. The molecule has 1 saturated carbocycles. The number of rotatable bonds is 5. The van der Waals surface area contributed by atoms with Gasteiger partial charge in [0, 0.05) is 12.6 Å². The van der Waals surface area contributed by atoms with Crippen LogP contribution in [-0.2, 0) is 9.53 Å². The van der Waals surface area contributed by atoms with E-state index < -0.39 is 0 Å². The standard InChI is InChI=1S/C14H26N2O2/c1-14(2)6-8-16(9-7-14)10-12(13(17)18-3)15-11-4-5-11/h11-12,15H,4-10H2,1-3H3. The molecule has 1 N–H and O–H groups in total. The maximum absolute atomic E-state index is 11.8. The highest BCUT2D eigenvalue weighted by molar-refractivity contribution is 5.76. The fourth-order valence-corrected chi connectivity index (χ4v) is 2.47. The summed E-state index contributed by atoms with van der Waals surface area (Å²) in [6.45, 7) is 7.62. The minimum atomic E-state index is -0.149. The predicted molar refractivity (Wildman–Crippen MR) is 71.4 cm³/mol. The highest BCUT2D eigenvalue weighted by atomic mass is 16.5. The van der Waals surface area contributed by atoms with Crippen LogP contribution in [0.25, 0.3) is 0 Å². The second kappa shape index (κ2) is 5.57. The normalized spacial score (nSPS) is 25.7. The minimum Gasteiger partial charge on any atom is -0.468 e. The summed E-state index contributed by atoms with van der Waals surface area (Å²) in [6.07, 6.45) is 4.82. The van der Waals surface area contributed by atoms with Crippen LogP contribution < -0.4 is 5.32 Å². The van der Waals surface area contributed by atoms with Gasteiger partial charge in [0.1, 0.15) is 6.04 Å². The molecule has 1 atom stereocenters. The van der Waals surface area contributed by atoms with Gasteiger partial charge in [-0.1, -0.05) is 13.8 Å². The second-order valence-electron chi connectivity index (χ2n) is 6.48. The summed E-state index contributed by atoms with van der Waals surface area (Å²) in [5, 5.41) is 3.39. The van der Waals surface area contributed by atoms with Crippen molar-refractivity contribution < 1.29 is 9.53 Å². The van der Waals surface area contributed by atoms with Gasteiger partial charge in [-0.3, -0.25) is 4.79 Å². The van der Waals surface area contributed by atoms with E-state index in [1.165, 1.54) is 32.8 Å². The molecule has 4 nitrogen and oxygen atoms in total. The number of nitrogens with zero attached hydrogens (tertiary/aromatic N) is 1. The third-order valence-corrected chi connectivity index (χ3v) is 4.15. The summed E-state index contributed by atoms with van der Waals surface area (Å²) in [5.74, 6) is -0.119. The summed E-state index contributed by atoms with van der Waals surface area (Å²) in [7, 11) is 1.48. The summed E-state index contributed by atoms with van der Waals surface area (Å²) < 4.78 is 4.90. The number of nitrogens with one attached hydrogen (secondary N) is 1. The monoisotopic (exact) mass is 254 g/mol. The van der Waals surface area contributed by atoms with E-state index in [-0.39, 0.29) is 12.0 Å². The smallest absolute Gasteiger partial charge is 0.324 e. The van der Waals surface area contributed by atoms with Gasteiger partial charge in [-0.2, -0.15) is 0 Å². The highest BCUT2D eigenvalue weighted by Gasteiger charge is 2.32. The van der Waals surface area contributed by atoms with Gasteiger partial charge in [-0.05, 0) is 44.2 Å². The van der Waals surface area contributed by atoms with Crippen molar-refractivity contribution in [3.8, 4) is 0 Å². The van der Waals surface area contributed by atoms with Crippen molar-refractivity contribution in [2.24, 2.45) is 5.41 Å². The van der Waals surface area contributed by atoms with Crippen LogP contribution in [0.2, 0.25) is 0 Å². The van der Waals surface area contributed by atoms with Gasteiger partial charge in [-0.25, -0.2) is 0 Å². The Balaban J connectivity index is 1.82. The van der Waals surface area contributed by atoms with Crippen molar-refractivity contribution in [1.29, 1.82) is 0 Å². The molecule has 0 bridgehead atoms. The molecule has 1 heterocycles. The molecule has 0 aromatic heterocycles. The van der Waals surface area contributed by atoms with Crippen LogP contribution in [0.1, 0.15) is 39.5 Å². The van der Waals surface area contributed by atoms with Crippen molar-refractivity contribution >= 4 is 5.97 Å². The Kier molecular flexibility index (Phi) is 4.28. The Morgan fingerprint density at radius 2 is 2.00 bits per heavy atom. The fourth-order valence-electron chi connectivity index (χ4n) is 2.47. The van der Waals surface area contributed by atoms with Gasteiger partial charge >= 0.3 is 5.97 Å². The van der Waals surface area contributed by atoms with E-state index in [0.717, 1.165) is 19.6 Å². The number of hydrogen-bond donors (Lipinski definition) is 1. The van der Waals surface area contributed by atoms with Crippen LogP contribution >= 0.6 is 0 Å². The van der Waals surface area contributed by atoms with Gasteiger partial charge in [0.2, 0.25) is 0 Å². The number of esters is 1. The number of ether oxygens (including phenoxy) is 1. The molecule has 0 amide bonds. The summed E-state index contributed by atoms with van der Waals surface area (Å²) in [6, 6.07) is 0.388. The van der Waals surface area contributed by atoms with Gasteiger partial charge in [0.25, 0.3) is 0 Å². The summed E-state index contributed by atoms with van der Waals surface area (Å²) in [5.41, 5.74) is 0.460. The maximum atomic E-state index is 11.8. The zero-order chi connectivity index (χ0) is 13.2. The van der Waals surface area contributed by atoms with Crippen molar-refractivity contribution in [2.75, 3.05) is 26.7 Å². The Morgan fingerprint density at radius 1 is 1.39 bits per heavy atom. The van der Waals surface area contributed by atoms with Crippen LogP contribution in [0, 0.1) is 5.41 Å². The highest BCUT2D eigenvalue weighted by Crippen LogP contribution is 2.29. The van der Waals surface area contributed by atoms with E-state index in [2.05, 4.69) is 24.1 Å². The molecule has 2 aliphatic rings. The minimum absolute atomic E-state index is 0.119. The Labute approximate surface area is 110 Å². The third kappa shape index (κ3) is 3.95. The molecule has 1 aliphatic carbocycles. The number of methoxy groups -OCH3 is 1. The molecule has 2 fully saturated rings. The molecule has 104 valence electrons. The lowest BCUT2D eigenvalue weighted by molar-refractivity contribution is -0.143. The lowest BCUT2D eigenvalue weighted by atomic mass is 9.82. The molecule has 18 heavy (non-hydrogen) atoms. The molecule has 0 aromatic carbocycles. The predicted octanol–water partition coefficient (Wildman–Crippen LogP) is 1.40. The Bertz CT molecular complexity index is 290. The lowest BCUT2D eigenvalue weighted by Gasteiger charge is -2.38. The first kappa shape index (κ1) is 13.8. The van der Waals surface area contributed by atoms with E-state index in [0.29, 0.717) is 11.5 Å². The van der Waals surface area contributed by atoms with Crippen LogP contribution in [-0.4, -0.2) is 49.7 Å². The molecule has 1 saturated heterocycles. The molecule has 4 heteroatoms. The Hall–Kier alpha value is -0.610. The number of likely N-dealkylation sites (tertiary alicyclic amines) is 1. The first-order chi connectivity index (χ1) is 8.50. The van der Waals surface area contributed by atoms with Gasteiger partial charge < -0.3 is 15.0 Å². The maximum Gasteiger partial charge on any atom is 0.324 e. The number of piperidine rings is 1. The van der Waals surface area contributed by atoms with Gasteiger partial charge in [0.15, 0.2) is 0 Å². The molecular formula is C14H26N2O2. The quantitative estimate of drug-likeness (QED) is 0.753. The van der Waals surface area contributed by atoms with Crippen molar-refractivity contribution in [3.05, 3.63) is 0 Å². The topological polar surface area (TPSA) is 41.6 Å². The van der Waals surface area contributed by atoms with Gasteiger partial charge in [0.05, 0.1) is 7.11 Å². The van der Waals surface area contributed by atoms with E-state index in [1.54, 1.807) is 0 Å². The molecule has 0 radical (unpaired) electrons. The van der Waals surface area contributed by atoms with Crippen molar-refractivity contribution in [1.82, 2.24) is 10.2 Å². The molecule has 0 aromatic rings. The average molecular weight is 254 g/mol. The van der Waals surface area contributed by atoms with E-state index in [9.17, 15) is 4.79 Å². The average Bonchev–Trinajstić information content (AvgIpc) is 3.13. The van der Waals surface area contributed by atoms with Crippen molar-refractivity contribution in [3.63, 3.8) is 0 Å². The van der Waals surface area contributed by atoms with Crippen LogP contribution in [0.4, 0.5) is 0 Å². The van der Waals surface area contributed by atoms with Crippen LogP contribution in [0.5, 0.6) is 0 Å². The van der Waals surface area contributed by atoms with Crippen LogP contribution in [0.15, 0.2) is 0 Å². The second-order valence-corrected chi connectivity index (χ2v) is 6.48. The zero-order valence-electron chi connectivity index (χ0n) is 11.9. The molecular weight excluding hydrogens is 228 g/mol. The molecule has 0 spiro atoms. The van der Waals surface area contributed by atoms with E-state index in [4.69, 9.17) is 4.74 Å². The fraction of sp³-hybridized carbons (Fsp3) is 0.929. The number of hydrogen-bond acceptors (Lipinski definition) is 4. The van der Waals surface area contributed by atoms with Crippen molar-refractivity contribution in [2.45, 2.75) is 51.6 Å². The van der Waals surface area contributed by atoms with Crippen LogP contribution in [0.3, 0.4) is 0 Å². The number of carbonyl (C=O) groups is 1. The largest absolute Gasteiger partial charge is 0.468 e. The molecule has 1 unspecified atom stereocenters. The third-order valence-electron chi connectivity index (χ3n) is 4.15. The lowest BCUT2D eigenvalue weighted by Crippen LogP contribution is -2.50. The SMILES string of the molecule is COC(=O)C(CN1CCC(C)(C)CC1)NC1CC1. The molecule has 2 rings (SSSR count).